The Kier molecular flexibility index (Phi) is 5.97. The maximum atomic E-state index is 11.2. The molecule has 0 saturated carbocycles. The van der Waals surface area contributed by atoms with E-state index in [0.29, 0.717) is 0 Å². The molecule has 1 heterocycles. The van der Waals surface area contributed by atoms with Gasteiger partial charge in [0.25, 0.3) is 6.11 Å². The number of halogens is 7. The number of nitrogens with zero attached hydrogens (tertiary/aromatic N) is 2. The van der Waals surface area contributed by atoms with E-state index in [1.807, 2.05) is 38.1 Å². The van der Waals surface area contributed by atoms with Crippen LogP contribution in [0.15, 0.2) is 24.5 Å². The van der Waals surface area contributed by atoms with E-state index in [1.165, 1.54) is 5.69 Å². The van der Waals surface area contributed by atoms with Crippen molar-refractivity contribution in [1.29, 1.82) is 0 Å². The second-order valence-corrected chi connectivity index (χ2v) is 4.21. The van der Waals surface area contributed by atoms with E-state index in [1.54, 1.807) is 0 Å². The van der Waals surface area contributed by atoms with Crippen molar-refractivity contribution in [2.24, 2.45) is 7.05 Å². The minimum absolute atomic E-state index is 1.23. The van der Waals surface area contributed by atoms with Crippen LogP contribution in [-0.2, 0) is 7.05 Å². The third-order valence-electron chi connectivity index (χ3n) is 2.20. The van der Waals surface area contributed by atoms with Crippen LogP contribution >= 0.6 is 0 Å². The third kappa shape index (κ3) is 5.37. The Hall–Kier alpha value is -1.58. The van der Waals surface area contributed by atoms with Gasteiger partial charge in [-0.2, -0.15) is 22.0 Å². The van der Waals surface area contributed by atoms with Crippen LogP contribution in [0.5, 0.6) is 0 Å². The highest BCUT2D eigenvalue weighted by Gasteiger charge is 2.67. The number of hydrogen-bond donors (Lipinski definition) is 0. The van der Waals surface area contributed by atoms with Gasteiger partial charge in [0, 0.05) is 31.9 Å². The number of anilines is 1. The van der Waals surface area contributed by atoms with Crippen LogP contribution in [0.25, 0.3) is 0 Å². The van der Waals surface area contributed by atoms with Crippen LogP contribution in [0.3, 0.4) is 0 Å². The highest BCUT2D eigenvalue weighted by molar-refractivity contribution is 5.41. The van der Waals surface area contributed by atoms with Crippen LogP contribution in [-0.4, -0.2) is 32.3 Å². The molecule has 0 aromatic carbocycles. The van der Waals surface area contributed by atoms with E-state index < -0.39 is 18.2 Å². The molecule has 1 aromatic rings. The molecule has 122 valence electrons. The van der Waals surface area contributed by atoms with E-state index in [4.69, 9.17) is 5.11 Å². The van der Waals surface area contributed by atoms with E-state index in [0.717, 1.165) is 0 Å². The molecule has 0 aliphatic heterocycles. The zero-order chi connectivity index (χ0) is 17.1. The number of aromatic nitrogens is 1. The molecule has 10 heteroatoms. The molecule has 0 amide bonds. The van der Waals surface area contributed by atoms with Crippen molar-refractivity contribution in [3.8, 4) is 0 Å². The summed E-state index contributed by atoms with van der Waals surface area (Å²) in [6.45, 7) is 0. The lowest BCUT2D eigenvalue weighted by molar-refractivity contribution is -0.671. The van der Waals surface area contributed by atoms with E-state index in [-0.39, 0.29) is 0 Å². The Morgan fingerprint density at radius 2 is 1.33 bits per heavy atom. The highest BCUT2D eigenvalue weighted by Crippen LogP contribution is 2.43. The highest BCUT2D eigenvalue weighted by atomic mass is 19.4. The fourth-order valence-corrected chi connectivity index (χ4v) is 0.956. The fraction of sp³-hybridized carbons (Fsp3) is 0.545. The quantitative estimate of drug-likeness (QED) is 0.613. The second kappa shape index (κ2) is 6.46. The van der Waals surface area contributed by atoms with Crippen molar-refractivity contribution in [3.05, 3.63) is 24.5 Å². The molecule has 0 fully saturated rings. The van der Waals surface area contributed by atoms with Gasteiger partial charge in [-0.3, -0.25) is 0 Å². The van der Waals surface area contributed by atoms with Crippen LogP contribution < -0.4 is 14.6 Å². The van der Waals surface area contributed by atoms with Gasteiger partial charge in [0.05, 0.1) is 0 Å². The van der Waals surface area contributed by atoms with Crippen molar-refractivity contribution in [1.82, 2.24) is 0 Å². The Balaban J connectivity index is 0.000000382. The normalized spacial score (nSPS) is 12.5. The lowest BCUT2D eigenvalue weighted by Crippen LogP contribution is -2.59. The van der Waals surface area contributed by atoms with Gasteiger partial charge < -0.3 is 10.0 Å². The molecule has 0 unspecified atom stereocenters. The number of pyridine rings is 1. The predicted octanol–water partition coefficient (Wildman–Crippen LogP) is 1.71. The standard InChI is InChI=1S/C8H13N2.C3F7O/c1-9(2)8-4-6-10(3)7-5-8;4-1(5,2(6,7)8)3(9,10)11/h4-7H,1-3H3;/q+1;-1. The molecular formula is C11H13F7N2O. The average molecular weight is 322 g/mol. The van der Waals surface area contributed by atoms with Gasteiger partial charge in [-0.25, -0.2) is 13.3 Å². The van der Waals surface area contributed by atoms with Gasteiger partial charge in [-0.15, -0.1) is 0 Å². The third-order valence-corrected chi connectivity index (χ3v) is 2.20. The number of rotatable bonds is 2. The lowest BCUT2D eigenvalue weighted by Gasteiger charge is -2.31. The van der Waals surface area contributed by atoms with Gasteiger partial charge in [0.1, 0.15) is 7.05 Å². The molecule has 0 aliphatic carbocycles. The van der Waals surface area contributed by atoms with E-state index >= 15 is 0 Å². The maximum absolute atomic E-state index is 11.2. The Morgan fingerprint density at radius 1 is 0.952 bits per heavy atom. The largest absolute Gasteiger partial charge is 0.793 e. The minimum atomic E-state index is -6.52. The molecule has 0 saturated heterocycles. The Bertz CT molecular complexity index is 421. The van der Waals surface area contributed by atoms with Gasteiger partial charge in [0.15, 0.2) is 12.4 Å². The summed E-state index contributed by atoms with van der Waals surface area (Å²) in [5.41, 5.74) is 1.23. The van der Waals surface area contributed by atoms with Crippen molar-refractivity contribution in [2.75, 3.05) is 19.0 Å². The monoisotopic (exact) mass is 322 g/mol. The number of alkyl halides is 7. The fourth-order valence-electron chi connectivity index (χ4n) is 0.956. The SMILES string of the molecule is CN(C)c1cc[n+](C)cc1.[O-]C(F)(F)C(F)(F)C(F)(F)F. The van der Waals surface area contributed by atoms with Crippen LogP contribution in [0, 0.1) is 0 Å². The van der Waals surface area contributed by atoms with Crippen molar-refractivity contribution in [2.45, 2.75) is 18.2 Å². The smallest absolute Gasteiger partial charge is 0.458 e. The first kappa shape index (κ1) is 19.4. The first-order valence-electron chi connectivity index (χ1n) is 5.35. The maximum Gasteiger partial charge on any atom is 0.458 e. The first-order chi connectivity index (χ1) is 9.20. The molecule has 0 radical (unpaired) electrons. The van der Waals surface area contributed by atoms with Gasteiger partial charge in [-0.05, 0) is 0 Å². The molecular weight excluding hydrogens is 309 g/mol. The van der Waals surface area contributed by atoms with Crippen molar-refractivity contribution >= 4 is 5.69 Å². The molecule has 3 nitrogen and oxygen atoms in total. The summed E-state index contributed by atoms with van der Waals surface area (Å²) in [5.74, 6) is -6.51. The summed E-state index contributed by atoms with van der Waals surface area (Å²) in [5, 5.41) is 8.97. The molecule has 0 spiro atoms. The first-order valence-corrected chi connectivity index (χ1v) is 5.35. The van der Waals surface area contributed by atoms with Gasteiger partial charge >= 0.3 is 12.1 Å². The number of hydrogen-bond acceptors (Lipinski definition) is 2. The molecule has 0 N–H and O–H groups in total. The molecule has 1 aromatic heterocycles. The zero-order valence-electron chi connectivity index (χ0n) is 11.3. The van der Waals surface area contributed by atoms with Crippen LogP contribution in [0.1, 0.15) is 0 Å². The summed E-state index contributed by atoms with van der Waals surface area (Å²) in [4.78, 5) is 2.08. The Labute approximate surface area is 116 Å². The molecule has 21 heavy (non-hydrogen) atoms. The van der Waals surface area contributed by atoms with Gasteiger partial charge in [-0.1, -0.05) is 0 Å². The van der Waals surface area contributed by atoms with Gasteiger partial charge in [0.2, 0.25) is 0 Å². The van der Waals surface area contributed by atoms with Crippen LogP contribution in [0.2, 0.25) is 0 Å². The summed E-state index contributed by atoms with van der Waals surface area (Å²) >= 11 is 0. The Morgan fingerprint density at radius 3 is 1.52 bits per heavy atom. The summed E-state index contributed by atoms with van der Waals surface area (Å²) in [6, 6.07) is 4.17. The summed E-state index contributed by atoms with van der Waals surface area (Å²) in [6.07, 6.45) is -8.77. The lowest BCUT2D eigenvalue weighted by atomic mass is 10.3. The predicted molar refractivity (Wildman–Crippen MR) is 57.9 cm³/mol. The summed E-state index contributed by atoms with van der Waals surface area (Å²) in [7, 11) is 6.09. The van der Waals surface area contributed by atoms with Crippen molar-refractivity contribution < 1.29 is 40.4 Å². The molecule has 0 bridgehead atoms. The van der Waals surface area contributed by atoms with Crippen LogP contribution in [0.4, 0.5) is 36.4 Å². The molecule has 1 rings (SSSR count). The number of aryl methyl sites for hydroxylation is 1. The van der Waals surface area contributed by atoms with E-state index in [2.05, 4.69) is 17.0 Å². The van der Waals surface area contributed by atoms with Crippen molar-refractivity contribution in [3.63, 3.8) is 0 Å². The zero-order valence-corrected chi connectivity index (χ0v) is 11.3. The summed E-state index contributed by atoms with van der Waals surface area (Å²) < 4.78 is 79.2. The molecule has 0 aliphatic rings. The minimum Gasteiger partial charge on any atom is -0.793 e. The second-order valence-electron chi connectivity index (χ2n) is 4.21. The molecule has 0 atom stereocenters. The topological polar surface area (TPSA) is 30.2 Å². The average Bonchev–Trinajstić information content (AvgIpc) is 2.27. The van der Waals surface area contributed by atoms with E-state index in [9.17, 15) is 30.7 Å².